The first-order valence-electron chi connectivity index (χ1n) is 13.5. The van der Waals surface area contributed by atoms with Crippen LogP contribution in [0.4, 0.5) is 8.78 Å². The van der Waals surface area contributed by atoms with E-state index in [9.17, 15) is 26.8 Å². The maximum absolute atomic E-state index is 14.4. The number of hydrogen-bond acceptors (Lipinski definition) is 4. The van der Waals surface area contributed by atoms with Crippen LogP contribution in [0.25, 0.3) is 0 Å². The van der Waals surface area contributed by atoms with Crippen molar-refractivity contribution in [3.8, 4) is 0 Å². The topological polar surface area (TPSA) is 74.8 Å². The molecule has 0 saturated carbocycles. The van der Waals surface area contributed by atoms with E-state index < -0.39 is 20.5 Å². The van der Waals surface area contributed by atoms with Crippen molar-refractivity contribution >= 4 is 21.7 Å². The van der Waals surface area contributed by atoms with Gasteiger partial charge in [0.05, 0.1) is 6.42 Å². The molecule has 6 nitrogen and oxygen atoms in total. The van der Waals surface area contributed by atoms with Crippen molar-refractivity contribution in [3.63, 3.8) is 0 Å². The first-order valence-corrected chi connectivity index (χ1v) is 15.4. The number of hydrogen-bond donors (Lipinski definition) is 0. The van der Waals surface area contributed by atoms with Crippen LogP contribution in [0.3, 0.4) is 0 Å². The molecule has 0 spiro atoms. The van der Waals surface area contributed by atoms with E-state index in [1.54, 1.807) is 17.0 Å². The second-order valence-corrected chi connectivity index (χ2v) is 12.8. The maximum atomic E-state index is 14.4. The summed E-state index contributed by atoms with van der Waals surface area (Å²) in [6, 6.07) is 17.8. The molecule has 0 aromatic heterocycles. The summed E-state index contributed by atoms with van der Waals surface area (Å²) in [6.07, 6.45) is 3.34. The van der Waals surface area contributed by atoms with E-state index in [1.807, 2.05) is 29.2 Å². The number of carbonyl (C=O) groups is 2. The van der Waals surface area contributed by atoms with E-state index in [4.69, 9.17) is 0 Å². The molecule has 2 amide bonds. The Hall–Kier alpha value is -3.59. The molecule has 0 bridgehead atoms. The maximum Gasteiger partial charge on any atom is 0.253 e. The average Bonchev–Trinajstić information content (AvgIpc) is 3.23. The number of rotatable bonds is 6. The molecule has 2 saturated heterocycles. The van der Waals surface area contributed by atoms with Crippen LogP contribution < -0.4 is 0 Å². The van der Waals surface area contributed by atoms with Gasteiger partial charge in [0.2, 0.25) is 5.91 Å². The van der Waals surface area contributed by atoms with Gasteiger partial charge in [0.1, 0.15) is 16.5 Å². The van der Waals surface area contributed by atoms with Crippen LogP contribution in [0.5, 0.6) is 0 Å². The molecule has 2 aliphatic rings. The second-order valence-electron chi connectivity index (χ2n) is 10.9. The van der Waals surface area contributed by atoms with Gasteiger partial charge < -0.3 is 9.80 Å². The summed E-state index contributed by atoms with van der Waals surface area (Å²) in [4.78, 5) is 29.6. The van der Waals surface area contributed by atoms with Crippen LogP contribution in [-0.2, 0) is 27.5 Å². The normalized spacial score (nSPS) is 19.3. The molecule has 2 heterocycles. The van der Waals surface area contributed by atoms with E-state index in [1.165, 1.54) is 18.2 Å². The van der Waals surface area contributed by atoms with Crippen molar-refractivity contribution < 1.29 is 26.8 Å². The Morgan fingerprint density at radius 1 is 0.850 bits per heavy atom. The molecule has 0 radical (unpaired) electrons. The minimum absolute atomic E-state index is 0.0778. The minimum atomic E-state index is -3.71. The molecule has 40 heavy (non-hydrogen) atoms. The van der Waals surface area contributed by atoms with Gasteiger partial charge in [0, 0.05) is 38.0 Å². The van der Waals surface area contributed by atoms with Crippen molar-refractivity contribution in [3.05, 3.63) is 101 Å². The molecule has 0 N–H and O–H groups in total. The van der Waals surface area contributed by atoms with Gasteiger partial charge in [-0.25, -0.2) is 17.2 Å². The fourth-order valence-corrected chi connectivity index (χ4v) is 6.60. The molecule has 5 rings (SSSR count). The standard InChI is InChI=1S/C31H32F2N2O4S/c1-40(38,39)29-11-8-24(17-28(29)33)31(37)34-14-12-25-19-35(20-26(25)13-15-34)30(36)18-23-5-3-2-4-22(23)16-21-6-9-27(32)10-7-21/h2-11,17,25-26H,12-16,18-20H2,1H3/t25-,26+. The van der Waals surface area contributed by atoms with Gasteiger partial charge in [0.25, 0.3) is 5.91 Å². The van der Waals surface area contributed by atoms with E-state index in [2.05, 4.69) is 0 Å². The van der Waals surface area contributed by atoms with Gasteiger partial charge in [-0.1, -0.05) is 36.4 Å². The number of amides is 2. The molecule has 9 heteroatoms. The highest BCUT2D eigenvalue weighted by Gasteiger charge is 2.37. The Morgan fingerprint density at radius 3 is 2.08 bits per heavy atom. The first-order chi connectivity index (χ1) is 19.1. The van der Waals surface area contributed by atoms with Crippen LogP contribution in [0.15, 0.2) is 71.6 Å². The third kappa shape index (κ3) is 6.25. The van der Waals surface area contributed by atoms with Crippen LogP contribution in [0.1, 0.15) is 39.9 Å². The van der Waals surface area contributed by atoms with Gasteiger partial charge in [-0.3, -0.25) is 9.59 Å². The van der Waals surface area contributed by atoms with Gasteiger partial charge in [0.15, 0.2) is 9.84 Å². The molecule has 3 aromatic rings. The van der Waals surface area contributed by atoms with Crippen molar-refractivity contribution in [2.75, 3.05) is 32.4 Å². The fourth-order valence-electron chi connectivity index (χ4n) is 5.87. The van der Waals surface area contributed by atoms with Gasteiger partial charge in [-0.15, -0.1) is 0 Å². The predicted molar refractivity (Wildman–Crippen MR) is 148 cm³/mol. The van der Waals surface area contributed by atoms with Crippen LogP contribution >= 0.6 is 0 Å². The molecular formula is C31H32F2N2O4S. The molecule has 2 aliphatic heterocycles. The summed E-state index contributed by atoms with van der Waals surface area (Å²) in [5.41, 5.74) is 3.13. The third-order valence-electron chi connectivity index (χ3n) is 8.10. The lowest BCUT2D eigenvalue weighted by molar-refractivity contribution is -0.129. The molecule has 2 atom stereocenters. The number of sulfone groups is 1. The molecule has 2 fully saturated rings. The lowest BCUT2D eigenvalue weighted by Crippen LogP contribution is -2.34. The number of likely N-dealkylation sites (tertiary alicyclic amines) is 2. The van der Waals surface area contributed by atoms with Crippen molar-refractivity contribution in [2.24, 2.45) is 11.8 Å². The number of halogens is 2. The van der Waals surface area contributed by atoms with E-state index >= 15 is 0 Å². The van der Waals surface area contributed by atoms with Crippen molar-refractivity contribution in [2.45, 2.75) is 30.6 Å². The van der Waals surface area contributed by atoms with E-state index in [0.29, 0.717) is 39.0 Å². The highest BCUT2D eigenvalue weighted by atomic mass is 32.2. The van der Waals surface area contributed by atoms with Gasteiger partial charge in [-0.2, -0.15) is 0 Å². The van der Waals surface area contributed by atoms with Crippen LogP contribution in [0.2, 0.25) is 0 Å². The number of nitrogens with zero attached hydrogens (tertiary/aromatic N) is 2. The summed E-state index contributed by atoms with van der Waals surface area (Å²) >= 11 is 0. The lowest BCUT2D eigenvalue weighted by Gasteiger charge is -2.23. The van der Waals surface area contributed by atoms with Gasteiger partial charge in [-0.05, 0) is 78.1 Å². The van der Waals surface area contributed by atoms with E-state index in [-0.39, 0.29) is 35.0 Å². The molecular weight excluding hydrogens is 534 g/mol. The second kappa shape index (κ2) is 11.5. The van der Waals surface area contributed by atoms with Crippen LogP contribution in [-0.4, -0.2) is 62.5 Å². The zero-order valence-corrected chi connectivity index (χ0v) is 23.2. The number of fused-ring (bicyclic) bond motifs is 1. The minimum Gasteiger partial charge on any atom is -0.342 e. The Morgan fingerprint density at radius 2 is 1.48 bits per heavy atom. The Balaban J connectivity index is 1.19. The quantitative estimate of drug-likeness (QED) is 0.440. The Labute approximate surface area is 233 Å². The molecule has 3 aromatic carbocycles. The fraction of sp³-hybridized carbons (Fsp3) is 0.355. The Bertz CT molecular complexity index is 1510. The third-order valence-corrected chi connectivity index (χ3v) is 9.23. The Kier molecular flexibility index (Phi) is 8.03. The largest absolute Gasteiger partial charge is 0.342 e. The lowest BCUT2D eigenvalue weighted by atomic mass is 9.92. The zero-order chi connectivity index (χ0) is 28.4. The highest BCUT2D eigenvalue weighted by Crippen LogP contribution is 2.33. The summed E-state index contributed by atoms with van der Waals surface area (Å²) in [5, 5.41) is 0. The molecule has 210 valence electrons. The SMILES string of the molecule is CS(=O)(=O)c1ccc(C(=O)N2CC[C@@H]3CN(C(=O)Cc4ccccc4Cc4ccc(F)cc4)C[C@@H]3CC2)cc1F. The first kappa shape index (κ1) is 28.0. The van der Waals surface area contributed by atoms with Crippen molar-refractivity contribution in [1.82, 2.24) is 9.80 Å². The summed E-state index contributed by atoms with van der Waals surface area (Å²) in [6.45, 7) is 2.28. The monoisotopic (exact) mass is 566 g/mol. The van der Waals surface area contributed by atoms with Crippen molar-refractivity contribution in [1.29, 1.82) is 0 Å². The van der Waals surface area contributed by atoms with Gasteiger partial charge >= 0.3 is 0 Å². The summed E-state index contributed by atoms with van der Waals surface area (Å²) in [5.74, 6) is -0.878. The highest BCUT2D eigenvalue weighted by molar-refractivity contribution is 7.90. The molecule has 0 unspecified atom stereocenters. The molecule has 0 aliphatic carbocycles. The predicted octanol–water partition coefficient (Wildman–Crippen LogP) is 4.51. The number of benzene rings is 3. The smallest absolute Gasteiger partial charge is 0.253 e. The van der Waals surface area contributed by atoms with E-state index in [0.717, 1.165) is 47.9 Å². The average molecular weight is 567 g/mol. The number of carbonyl (C=O) groups excluding carboxylic acids is 2. The summed E-state index contributed by atoms with van der Waals surface area (Å²) < 4.78 is 51.1. The summed E-state index contributed by atoms with van der Waals surface area (Å²) in [7, 11) is -3.71. The zero-order valence-electron chi connectivity index (χ0n) is 22.4. The van der Waals surface area contributed by atoms with Crippen LogP contribution in [0, 0.1) is 23.5 Å².